The quantitative estimate of drug-likeness (QED) is 0.214. The van der Waals surface area contributed by atoms with E-state index in [9.17, 15) is 20.4 Å². The molecular weight excluding hydrogens is 448 g/mol. The van der Waals surface area contributed by atoms with E-state index < -0.39 is 0 Å². The molecule has 0 heterocycles. The molecule has 0 saturated carbocycles. The highest BCUT2D eigenvalue weighted by Gasteiger charge is 2.28. The highest BCUT2D eigenvalue weighted by Crippen LogP contribution is 2.54. The molecular formula is C32H26O4. The molecule has 0 radical (unpaired) electrons. The van der Waals surface area contributed by atoms with Gasteiger partial charge >= 0.3 is 0 Å². The second kappa shape index (κ2) is 9.16. The number of phenols is 4. The van der Waals surface area contributed by atoms with Gasteiger partial charge in [-0.15, -0.1) is 0 Å². The van der Waals surface area contributed by atoms with Crippen LogP contribution in [0.3, 0.4) is 0 Å². The molecule has 178 valence electrons. The van der Waals surface area contributed by atoms with Gasteiger partial charge < -0.3 is 20.4 Å². The molecule has 0 aliphatic heterocycles. The van der Waals surface area contributed by atoms with E-state index >= 15 is 0 Å². The Balaban J connectivity index is 2.09. The van der Waals surface area contributed by atoms with Crippen molar-refractivity contribution in [1.82, 2.24) is 0 Å². The van der Waals surface area contributed by atoms with E-state index in [1.54, 1.807) is 48.5 Å². The zero-order valence-corrected chi connectivity index (χ0v) is 20.0. The third-order valence-electron chi connectivity index (χ3n) is 6.76. The molecule has 0 aliphatic carbocycles. The first kappa shape index (κ1) is 23.1. The maximum absolute atomic E-state index is 11.0. The van der Waals surface area contributed by atoms with Crippen LogP contribution in [-0.2, 0) is 0 Å². The Bertz CT molecular complexity index is 1480. The summed E-state index contributed by atoms with van der Waals surface area (Å²) in [6.07, 6.45) is 0. The van der Waals surface area contributed by atoms with E-state index in [4.69, 9.17) is 0 Å². The Morgan fingerprint density at radius 1 is 0.333 bits per heavy atom. The molecule has 4 nitrogen and oxygen atoms in total. The third kappa shape index (κ3) is 3.73. The van der Waals surface area contributed by atoms with Gasteiger partial charge in [0, 0.05) is 33.4 Å². The Morgan fingerprint density at radius 2 is 0.556 bits per heavy atom. The molecule has 4 N–H and O–H groups in total. The molecule has 0 amide bonds. The van der Waals surface area contributed by atoms with Crippen molar-refractivity contribution >= 4 is 0 Å². The fourth-order valence-corrected chi connectivity index (χ4v) is 4.95. The minimum Gasteiger partial charge on any atom is -0.507 e. The molecule has 4 heteroatoms. The average Bonchev–Trinajstić information content (AvgIpc) is 2.87. The van der Waals surface area contributed by atoms with Crippen LogP contribution in [0.15, 0.2) is 97.1 Å². The molecule has 0 atom stereocenters. The lowest BCUT2D eigenvalue weighted by Gasteiger charge is -2.26. The smallest absolute Gasteiger partial charge is 0.123 e. The molecule has 5 aromatic carbocycles. The largest absolute Gasteiger partial charge is 0.507 e. The highest BCUT2D eigenvalue weighted by molar-refractivity contribution is 6.07. The van der Waals surface area contributed by atoms with Crippen molar-refractivity contribution in [3.05, 3.63) is 108 Å². The summed E-state index contributed by atoms with van der Waals surface area (Å²) in [5, 5.41) is 43.9. The molecule has 0 aromatic heterocycles. The summed E-state index contributed by atoms with van der Waals surface area (Å²) in [5.74, 6) is 0.347. The topological polar surface area (TPSA) is 80.9 Å². The van der Waals surface area contributed by atoms with E-state index in [-0.39, 0.29) is 23.0 Å². The summed E-state index contributed by atoms with van der Waals surface area (Å²) >= 11 is 0. The average molecular weight is 475 g/mol. The molecule has 0 fully saturated rings. The monoisotopic (exact) mass is 474 g/mol. The molecule has 0 bridgehead atoms. The van der Waals surface area contributed by atoms with Crippen LogP contribution in [0.4, 0.5) is 0 Å². The van der Waals surface area contributed by atoms with E-state index in [1.165, 1.54) is 0 Å². The summed E-state index contributed by atoms with van der Waals surface area (Å²) in [5.41, 5.74) is 6.86. The van der Waals surface area contributed by atoms with Crippen molar-refractivity contribution in [3.8, 4) is 67.5 Å². The van der Waals surface area contributed by atoms with Crippen LogP contribution < -0.4 is 0 Å². The van der Waals surface area contributed by atoms with E-state index in [0.717, 1.165) is 22.3 Å². The molecule has 0 unspecified atom stereocenters. The van der Waals surface area contributed by atoms with Crippen molar-refractivity contribution in [2.45, 2.75) is 13.8 Å². The van der Waals surface area contributed by atoms with Gasteiger partial charge in [-0.25, -0.2) is 0 Å². The normalized spacial score (nSPS) is 10.9. The van der Waals surface area contributed by atoms with Gasteiger partial charge in [-0.1, -0.05) is 72.8 Å². The molecule has 0 saturated heterocycles. The molecule has 0 spiro atoms. The number of rotatable bonds is 4. The minimum absolute atomic E-state index is 0.0670. The number of hydrogen-bond acceptors (Lipinski definition) is 4. The van der Waals surface area contributed by atoms with Crippen LogP contribution in [0.5, 0.6) is 23.0 Å². The van der Waals surface area contributed by atoms with Gasteiger partial charge in [-0.3, -0.25) is 0 Å². The standard InChI is InChI=1S/C32H26O4/c1-19-20(2)30(22-12-4-8-16-26(22)34)32(24-14-6-10-18-28(24)36)31(23-13-5-9-17-27(23)35)29(19)21-11-3-7-15-25(21)33/h3-18,33-36H,1-2H3. The lowest BCUT2D eigenvalue weighted by molar-refractivity contribution is 0.475. The van der Waals surface area contributed by atoms with Gasteiger partial charge in [0.05, 0.1) is 0 Å². The van der Waals surface area contributed by atoms with Gasteiger partial charge in [-0.2, -0.15) is 0 Å². The van der Waals surface area contributed by atoms with Crippen LogP contribution in [0.1, 0.15) is 11.1 Å². The summed E-state index contributed by atoms with van der Waals surface area (Å²) < 4.78 is 0. The van der Waals surface area contributed by atoms with Crippen LogP contribution >= 0.6 is 0 Å². The van der Waals surface area contributed by atoms with Gasteiger partial charge in [0.2, 0.25) is 0 Å². The van der Waals surface area contributed by atoms with Gasteiger partial charge in [0.15, 0.2) is 0 Å². The highest BCUT2D eigenvalue weighted by atomic mass is 16.3. The number of para-hydroxylation sites is 4. The Labute approximate surface area is 210 Å². The van der Waals surface area contributed by atoms with Crippen LogP contribution in [0, 0.1) is 13.8 Å². The first-order chi connectivity index (χ1) is 17.4. The minimum atomic E-state index is 0.0670. The van der Waals surface area contributed by atoms with Crippen molar-refractivity contribution in [1.29, 1.82) is 0 Å². The molecule has 0 aliphatic rings. The molecule has 36 heavy (non-hydrogen) atoms. The fourth-order valence-electron chi connectivity index (χ4n) is 4.95. The second-order valence-electron chi connectivity index (χ2n) is 8.82. The second-order valence-corrected chi connectivity index (χ2v) is 8.82. The Morgan fingerprint density at radius 3 is 0.806 bits per heavy atom. The number of phenolic OH excluding ortho intramolecular Hbond substituents is 4. The third-order valence-corrected chi connectivity index (χ3v) is 6.76. The maximum atomic E-state index is 11.0. The van der Waals surface area contributed by atoms with Crippen molar-refractivity contribution in [3.63, 3.8) is 0 Å². The van der Waals surface area contributed by atoms with E-state index in [1.807, 2.05) is 62.4 Å². The lowest BCUT2D eigenvalue weighted by Crippen LogP contribution is -2.02. The zero-order chi connectivity index (χ0) is 25.4. The van der Waals surface area contributed by atoms with Crippen molar-refractivity contribution < 1.29 is 20.4 Å². The first-order valence-electron chi connectivity index (χ1n) is 11.7. The van der Waals surface area contributed by atoms with Gasteiger partial charge in [-0.05, 0) is 60.4 Å². The molecule has 5 aromatic rings. The van der Waals surface area contributed by atoms with Gasteiger partial charge in [0.25, 0.3) is 0 Å². The summed E-state index contributed by atoms with van der Waals surface area (Å²) in [4.78, 5) is 0. The Kier molecular flexibility index (Phi) is 5.87. The van der Waals surface area contributed by atoms with Crippen LogP contribution in [-0.4, -0.2) is 20.4 Å². The fraction of sp³-hybridized carbons (Fsp3) is 0.0625. The SMILES string of the molecule is Cc1c(C)c(-c2ccccc2O)c(-c2ccccc2O)c(-c2ccccc2O)c1-c1ccccc1O. The number of aromatic hydroxyl groups is 4. The summed E-state index contributed by atoms with van der Waals surface area (Å²) in [7, 11) is 0. The van der Waals surface area contributed by atoms with Gasteiger partial charge in [0.1, 0.15) is 23.0 Å². The predicted molar refractivity (Wildman–Crippen MR) is 144 cm³/mol. The van der Waals surface area contributed by atoms with Crippen molar-refractivity contribution in [2.24, 2.45) is 0 Å². The van der Waals surface area contributed by atoms with Crippen LogP contribution in [0.2, 0.25) is 0 Å². The van der Waals surface area contributed by atoms with Crippen LogP contribution in [0.25, 0.3) is 44.5 Å². The van der Waals surface area contributed by atoms with E-state index in [0.29, 0.717) is 33.4 Å². The maximum Gasteiger partial charge on any atom is 0.123 e. The first-order valence-corrected chi connectivity index (χ1v) is 11.7. The molecule has 5 rings (SSSR count). The zero-order valence-electron chi connectivity index (χ0n) is 20.0. The van der Waals surface area contributed by atoms with E-state index in [2.05, 4.69) is 0 Å². The van der Waals surface area contributed by atoms with Crippen molar-refractivity contribution in [2.75, 3.05) is 0 Å². The lowest BCUT2D eigenvalue weighted by atomic mass is 9.77. The summed E-state index contributed by atoms with van der Waals surface area (Å²) in [6, 6.07) is 28.3. The number of hydrogen-bond donors (Lipinski definition) is 4. The summed E-state index contributed by atoms with van der Waals surface area (Å²) in [6.45, 7) is 3.94. The Hall–Kier alpha value is -4.70. The predicted octanol–water partition coefficient (Wildman–Crippen LogP) is 7.79. The number of benzene rings is 5.